The van der Waals surface area contributed by atoms with E-state index in [4.69, 9.17) is 9.73 Å². The van der Waals surface area contributed by atoms with E-state index in [1.165, 1.54) is 0 Å². The Hall–Kier alpha value is -1.88. The van der Waals surface area contributed by atoms with Gasteiger partial charge in [-0.05, 0) is 43.9 Å². The first kappa shape index (κ1) is 26.4. The molecule has 0 radical (unpaired) electrons. The predicted molar refractivity (Wildman–Crippen MR) is 137 cm³/mol. The van der Waals surface area contributed by atoms with Crippen molar-refractivity contribution in [2.75, 3.05) is 44.6 Å². The minimum atomic E-state index is -0.251. The van der Waals surface area contributed by atoms with Crippen molar-refractivity contribution < 1.29 is 14.3 Å². The summed E-state index contributed by atoms with van der Waals surface area (Å²) in [6.07, 6.45) is 2.90. The molecule has 1 unspecified atom stereocenters. The number of halogens is 1. The summed E-state index contributed by atoms with van der Waals surface area (Å²) in [7, 11) is 0. The molecule has 2 heterocycles. The number of anilines is 1. The summed E-state index contributed by atoms with van der Waals surface area (Å²) < 4.78 is 5.55. The van der Waals surface area contributed by atoms with Crippen LogP contribution in [0.3, 0.4) is 0 Å². The maximum absolute atomic E-state index is 12.6. The molecule has 0 aromatic heterocycles. The summed E-state index contributed by atoms with van der Waals surface area (Å²) in [5.41, 5.74) is 1.84. The van der Waals surface area contributed by atoms with Crippen molar-refractivity contribution in [1.82, 2.24) is 15.1 Å². The lowest BCUT2D eigenvalue weighted by atomic mass is 10.2. The maximum atomic E-state index is 12.6. The molecule has 0 aliphatic carbocycles. The molecule has 2 N–H and O–H groups in total. The number of amides is 2. The molecule has 178 valence electrons. The SMILES string of the molecule is CCCC(=O)Nc1cccc(CN=C(NCC)N2CCN(C(=O)C3CCCO3)CC2)c1.I. The predicted octanol–water partition coefficient (Wildman–Crippen LogP) is 2.83. The molecular formula is C23H36IN5O3. The van der Waals surface area contributed by atoms with Gasteiger partial charge in [0.25, 0.3) is 5.91 Å². The first-order valence-corrected chi connectivity index (χ1v) is 11.4. The molecule has 0 spiro atoms. The van der Waals surface area contributed by atoms with E-state index in [1.807, 2.05) is 36.1 Å². The molecule has 2 amide bonds. The Morgan fingerprint density at radius 3 is 2.56 bits per heavy atom. The number of carbonyl (C=O) groups is 2. The van der Waals surface area contributed by atoms with Crippen LogP contribution in [0, 0.1) is 0 Å². The fraction of sp³-hybridized carbons (Fsp3) is 0.609. The van der Waals surface area contributed by atoms with E-state index in [0.717, 1.165) is 56.1 Å². The molecular weight excluding hydrogens is 521 g/mol. The van der Waals surface area contributed by atoms with E-state index < -0.39 is 0 Å². The zero-order valence-corrected chi connectivity index (χ0v) is 21.5. The van der Waals surface area contributed by atoms with Crippen molar-refractivity contribution in [3.05, 3.63) is 29.8 Å². The van der Waals surface area contributed by atoms with E-state index in [-0.39, 0.29) is 41.9 Å². The number of carbonyl (C=O) groups excluding carboxylic acids is 2. The van der Waals surface area contributed by atoms with Crippen LogP contribution < -0.4 is 10.6 Å². The highest BCUT2D eigenvalue weighted by Gasteiger charge is 2.30. The Morgan fingerprint density at radius 2 is 1.91 bits per heavy atom. The molecule has 1 aromatic rings. The van der Waals surface area contributed by atoms with Gasteiger partial charge in [0.1, 0.15) is 6.10 Å². The average Bonchev–Trinajstić information content (AvgIpc) is 3.32. The Morgan fingerprint density at radius 1 is 1.16 bits per heavy atom. The quantitative estimate of drug-likeness (QED) is 0.306. The average molecular weight is 557 g/mol. The van der Waals surface area contributed by atoms with Crippen LogP contribution >= 0.6 is 24.0 Å². The second-order valence-corrected chi connectivity index (χ2v) is 7.98. The molecule has 0 bridgehead atoms. The summed E-state index contributed by atoms with van der Waals surface area (Å²) >= 11 is 0. The fourth-order valence-corrected chi connectivity index (χ4v) is 3.90. The van der Waals surface area contributed by atoms with Crippen LogP contribution in [0.5, 0.6) is 0 Å². The Bertz CT molecular complexity index is 775. The van der Waals surface area contributed by atoms with Crippen LogP contribution in [-0.2, 0) is 20.9 Å². The van der Waals surface area contributed by atoms with Gasteiger partial charge in [0.15, 0.2) is 5.96 Å². The third-order valence-electron chi connectivity index (χ3n) is 5.53. The number of nitrogens with one attached hydrogen (secondary N) is 2. The summed E-state index contributed by atoms with van der Waals surface area (Å²) in [6, 6.07) is 7.82. The van der Waals surface area contributed by atoms with E-state index in [9.17, 15) is 9.59 Å². The zero-order valence-electron chi connectivity index (χ0n) is 19.1. The number of benzene rings is 1. The highest BCUT2D eigenvalue weighted by atomic mass is 127. The van der Waals surface area contributed by atoms with Crippen molar-refractivity contribution in [3.8, 4) is 0 Å². The molecule has 3 rings (SSSR count). The number of ether oxygens (including phenoxy) is 1. The minimum Gasteiger partial charge on any atom is -0.368 e. The van der Waals surface area contributed by atoms with Crippen molar-refractivity contribution in [1.29, 1.82) is 0 Å². The van der Waals surface area contributed by atoms with Gasteiger partial charge in [0.05, 0.1) is 6.54 Å². The minimum absolute atomic E-state index is 0. The summed E-state index contributed by atoms with van der Waals surface area (Å²) in [6.45, 7) is 8.90. The summed E-state index contributed by atoms with van der Waals surface area (Å²) in [5.74, 6) is 1.01. The Labute approximate surface area is 208 Å². The Balaban J connectivity index is 0.00000363. The van der Waals surface area contributed by atoms with Crippen LogP contribution in [0.2, 0.25) is 0 Å². The first-order chi connectivity index (χ1) is 15.1. The molecule has 9 heteroatoms. The molecule has 2 aliphatic heterocycles. The van der Waals surface area contributed by atoms with Crippen LogP contribution in [-0.4, -0.2) is 73.0 Å². The number of hydrogen-bond acceptors (Lipinski definition) is 4. The van der Waals surface area contributed by atoms with Gasteiger partial charge in [-0.25, -0.2) is 4.99 Å². The van der Waals surface area contributed by atoms with Crippen molar-refractivity contribution in [3.63, 3.8) is 0 Å². The van der Waals surface area contributed by atoms with E-state index in [1.54, 1.807) is 0 Å². The number of aliphatic imine (C=N–C) groups is 1. The first-order valence-electron chi connectivity index (χ1n) is 11.4. The van der Waals surface area contributed by atoms with E-state index >= 15 is 0 Å². The molecule has 2 saturated heterocycles. The molecule has 8 nitrogen and oxygen atoms in total. The number of guanidine groups is 1. The van der Waals surface area contributed by atoms with Crippen LogP contribution in [0.15, 0.2) is 29.3 Å². The number of nitrogens with zero attached hydrogens (tertiary/aromatic N) is 3. The second-order valence-electron chi connectivity index (χ2n) is 7.98. The number of rotatable bonds is 7. The molecule has 32 heavy (non-hydrogen) atoms. The highest BCUT2D eigenvalue weighted by molar-refractivity contribution is 14.0. The van der Waals surface area contributed by atoms with Gasteiger partial charge >= 0.3 is 0 Å². The molecule has 2 aliphatic rings. The zero-order chi connectivity index (χ0) is 22.1. The smallest absolute Gasteiger partial charge is 0.251 e. The van der Waals surface area contributed by atoms with Crippen molar-refractivity contribution in [2.24, 2.45) is 4.99 Å². The van der Waals surface area contributed by atoms with Gasteiger partial charge < -0.3 is 25.2 Å². The van der Waals surface area contributed by atoms with E-state index in [2.05, 4.69) is 22.5 Å². The lowest BCUT2D eigenvalue weighted by Gasteiger charge is -2.37. The normalized spacial score (nSPS) is 18.8. The lowest BCUT2D eigenvalue weighted by molar-refractivity contribution is -0.142. The molecule has 0 saturated carbocycles. The maximum Gasteiger partial charge on any atom is 0.251 e. The molecule has 1 atom stereocenters. The molecule has 1 aromatic carbocycles. The highest BCUT2D eigenvalue weighted by Crippen LogP contribution is 2.16. The van der Waals surface area contributed by atoms with Gasteiger partial charge in [0, 0.05) is 51.4 Å². The van der Waals surface area contributed by atoms with Crippen LogP contribution in [0.25, 0.3) is 0 Å². The third-order valence-corrected chi connectivity index (χ3v) is 5.53. The third kappa shape index (κ3) is 7.61. The van der Waals surface area contributed by atoms with Crippen LogP contribution in [0.1, 0.15) is 45.1 Å². The number of piperazine rings is 1. The van der Waals surface area contributed by atoms with Gasteiger partial charge in [-0.15, -0.1) is 24.0 Å². The van der Waals surface area contributed by atoms with Gasteiger partial charge in [-0.2, -0.15) is 0 Å². The molecule has 2 fully saturated rings. The lowest BCUT2D eigenvalue weighted by Crippen LogP contribution is -2.55. The van der Waals surface area contributed by atoms with Crippen LogP contribution in [0.4, 0.5) is 5.69 Å². The summed E-state index contributed by atoms with van der Waals surface area (Å²) in [4.78, 5) is 33.3. The van der Waals surface area contributed by atoms with Gasteiger partial charge in [0.2, 0.25) is 5.91 Å². The van der Waals surface area contributed by atoms with E-state index in [0.29, 0.717) is 32.7 Å². The summed E-state index contributed by atoms with van der Waals surface area (Å²) in [5, 5.41) is 6.30. The monoisotopic (exact) mass is 557 g/mol. The largest absolute Gasteiger partial charge is 0.368 e. The van der Waals surface area contributed by atoms with Crippen molar-refractivity contribution >= 4 is 47.4 Å². The Kier molecular flexibility index (Phi) is 11.2. The number of hydrogen-bond donors (Lipinski definition) is 2. The standard InChI is InChI=1S/C23H35N5O3.HI/c1-3-7-21(29)26-19-9-5-8-18(16-19)17-25-23(24-4-2)28-13-11-27(12-14-28)22(30)20-10-6-15-31-20;/h5,8-9,16,20H,3-4,6-7,10-15,17H2,1-2H3,(H,24,25)(H,26,29);1H. The topological polar surface area (TPSA) is 86.3 Å². The van der Waals surface area contributed by atoms with Gasteiger partial charge in [-0.1, -0.05) is 19.1 Å². The fourth-order valence-electron chi connectivity index (χ4n) is 3.90. The van der Waals surface area contributed by atoms with Gasteiger partial charge in [-0.3, -0.25) is 9.59 Å². The second kappa shape index (κ2) is 13.6. The van der Waals surface area contributed by atoms with Crippen molar-refractivity contribution in [2.45, 2.75) is 52.2 Å².